The summed E-state index contributed by atoms with van der Waals surface area (Å²) in [7, 11) is 0. The molecule has 3 nitrogen and oxygen atoms in total. The van der Waals surface area contributed by atoms with Gasteiger partial charge < -0.3 is 5.32 Å². The third-order valence-electron chi connectivity index (χ3n) is 4.04. The first-order valence-corrected chi connectivity index (χ1v) is 7.67. The Kier molecular flexibility index (Phi) is 4.20. The molecular formula is C16H20ClN3. The summed E-state index contributed by atoms with van der Waals surface area (Å²) in [5.41, 5.74) is 2.13. The Balaban J connectivity index is 1.99. The lowest BCUT2D eigenvalue weighted by Gasteiger charge is -2.35. The van der Waals surface area contributed by atoms with Crippen LogP contribution in [0.1, 0.15) is 24.9 Å². The molecule has 0 radical (unpaired) electrons. The highest BCUT2D eigenvalue weighted by Crippen LogP contribution is 2.31. The predicted octanol–water partition coefficient (Wildman–Crippen LogP) is 3.24. The van der Waals surface area contributed by atoms with Gasteiger partial charge in [0.15, 0.2) is 0 Å². The van der Waals surface area contributed by atoms with E-state index in [0.29, 0.717) is 11.2 Å². The molecule has 1 aliphatic heterocycles. The number of para-hydroxylation sites is 1. The third-order valence-corrected chi connectivity index (χ3v) is 4.35. The number of halogens is 1. The molecule has 0 amide bonds. The van der Waals surface area contributed by atoms with E-state index >= 15 is 0 Å². The van der Waals surface area contributed by atoms with Crippen molar-refractivity contribution >= 4 is 22.5 Å². The molecule has 1 atom stereocenters. The van der Waals surface area contributed by atoms with Crippen molar-refractivity contribution in [2.75, 3.05) is 26.2 Å². The van der Waals surface area contributed by atoms with Gasteiger partial charge in [0.2, 0.25) is 0 Å². The number of hydrogen-bond acceptors (Lipinski definition) is 3. The normalized spacial score (nSPS) is 18.3. The second kappa shape index (κ2) is 6.08. The van der Waals surface area contributed by atoms with Crippen LogP contribution >= 0.6 is 11.6 Å². The van der Waals surface area contributed by atoms with Gasteiger partial charge in [0, 0.05) is 43.2 Å². The fraction of sp³-hybridized carbons (Fsp3) is 0.438. The van der Waals surface area contributed by atoms with Crippen molar-refractivity contribution in [1.82, 2.24) is 15.2 Å². The van der Waals surface area contributed by atoms with Crippen molar-refractivity contribution < 1.29 is 0 Å². The van der Waals surface area contributed by atoms with Crippen molar-refractivity contribution in [2.45, 2.75) is 19.4 Å². The van der Waals surface area contributed by atoms with E-state index in [1.807, 2.05) is 18.2 Å². The summed E-state index contributed by atoms with van der Waals surface area (Å²) in [6.45, 7) is 6.46. The van der Waals surface area contributed by atoms with Crippen LogP contribution in [0.3, 0.4) is 0 Å². The average Bonchev–Trinajstić information content (AvgIpc) is 2.49. The molecule has 1 aromatic carbocycles. The van der Waals surface area contributed by atoms with Crippen molar-refractivity contribution in [3.63, 3.8) is 0 Å². The Morgan fingerprint density at radius 2 is 2.05 bits per heavy atom. The molecule has 3 rings (SSSR count). The summed E-state index contributed by atoms with van der Waals surface area (Å²) in [5, 5.41) is 5.21. The number of fused-ring (bicyclic) bond motifs is 1. The van der Waals surface area contributed by atoms with Crippen LogP contribution < -0.4 is 5.32 Å². The van der Waals surface area contributed by atoms with E-state index in [1.54, 1.807) is 0 Å². The Labute approximate surface area is 124 Å². The molecule has 2 heterocycles. The van der Waals surface area contributed by atoms with E-state index in [4.69, 9.17) is 11.6 Å². The van der Waals surface area contributed by atoms with Crippen LogP contribution in [-0.2, 0) is 0 Å². The maximum absolute atomic E-state index is 6.44. The zero-order valence-electron chi connectivity index (χ0n) is 11.8. The van der Waals surface area contributed by atoms with Crippen molar-refractivity contribution in [3.8, 4) is 0 Å². The zero-order chi connectivity index (χ0) is 13.9. The van der Waals surface area contributed by atoms with Gasteiger partial charge in [0.05, 0.1) is 5.52 Å². The highest BCUT2D eigenvalue weighted by atomic mass is 35.5. The monoisotopic (exact) mass is 289 g/mol. The second-order valence-corrected chi connectivity index (χ2v) is 5.63. The molecule has 2 aromatic rings. The molecule has 106 valence electrons. The molecular weight excluding hydrogens is 270 g/mol. The molecule has 1 aliphatic rings. The minimum absolute atomic E-state index is 0.363. The summed E-state index contributed by atoms with van der Waals surface area (Å²) in [6, 6.07) is 10.7. The number of nitrogens with zero attached hydrogens (tertiary/aromatic N) is 2. The first-order valence-electron chi connectivity index (χ1n) is 7.29. The fourth-order valence-electron chi connectivity index (χ4n) is 3.01. The van der Waals surface area contributed by atoms with E-state index < -0.39 is 0 Å². The SMILES string of the molecule is CC[C@@H](c1cc2ccccc2nc1Cl)N1CCNCC1. The van der Waals surface area contributed by atoms with E-state index in [0.717, 1.165) is 43.7 Å². The van der Waals surface area contributed by atoms with Gasteiger partial charge in [-0.1, -0.05) is 36.7 Å². The van der Waals surface area contributed by atoms with Gasteiger partial charge in [-0.25, -0.2) is 4.98 Å². The van der Waals surface area contributed by atoms with Gasteiger partial charge in [0.1, 0.15) is 5.15 Å². The summed E-state index contributed by atoms with van der Waals surface area (Å²) >= 11 is 6.44. The lowest BCUT2D eigenvalue weighted by atomic mass is 10.0. The zero-order valence-corrected chi connectivity index (χ0v) is 12.5. The van der Waals surface area contributed by atoms with Gasteiger partial charge >= 0.3 is 0 Å². The molecule has 1 aromatic heterocycles. The Hall–Kier alpha value is -1.16. The average molecular weight is 290 g/mol. The largest absolute Gasteiger partial charge is 0.314 e. The predicted molar refractivity (Wildman–Crippen MR) is 84.2 cm³/mol. The Morgan fingerprint density at radius 1 is 1.30 bits per heavy atom. The lowest BCUT2D eigenvalue weighted by molar-refractivity contribution is 0.169. The second-order valence-electron chi connectivity index (χ2n) is 5.27. The maximum atomic E-state index is 6.44. The fourth-order valence-corrected chi connectivity index (χ4v) is 3.28. The lowest BCUT2D eigenvalue weighted by Crippen LogP contribution is -2.45. The summed E-state index contributed by atoms with van der Waals surface area (Å²) in [6.07, 6.45) is 1.06. The number of aromatic nitrogens is 1. The van der Waals surface area contributed by atoms with Crippen LogP contribution in [0.15, 0.2) is 30.3 Å². The molecule has 4 heteroatoms. The van der Waals surface area contributed by atoms with Gasteiger partial charge in [-0.2, -0.15) is 0 Å². The van der Waals surface area contributed by atoms with Crippen LogP contribution in [0, 0.1) is 0 Å². The van der Waals surface area contributed by atoms with Gasteiger partial charge in [-0.3, -0.25) is 4.90 Å². The molecule has 0 spiro atoms. The number of rotatable bonds is 3. The van der Waals surface area contributed by atoms with Crippen LogP contribution in [-0.4, -0.2) is 36.1 Å². The smallest absolute Gasteiger partial charge is 0.134 e. The molecule has 1 fully saturated rings. The van der Waals surface area contributed by atoms with Crippen molar-refractivity contribution in [3.05, 3.63) is 41.0 Å². The standard InChI is InChI=1S/C16H20ClN3/c1-2-15(20-9-7-18-8-10-20)13-11-12-5-3-4-6-14(12)19-16(13)17/h3-6,11,15,18H,2,7-10H2,1H3/t15-/m0/s1. The molecule has 0 unspecified atom stereocenters. The molecule has 1 N–H and O–H groups in total. The molecule has 20 heavy (non-hydrogen) atoms. The van der Waals surface area contributed by atoms with Crippen molar-refractivity contribution in [2.24, 2.45) is 0 Å². The Morgan fingerprint density at radius 3 is 2.80 bits per heavy atom. The number of nitrogens with one attached hydrogen (secondary N) is 1. The topological polar surface area (TPSA) is 28.2 Å². The summed E-state index contributed by atoms with van der Waals surface area (Å²) in [4.78, 5) is 7.07. The first-order chi connectivity index (χ1) is 9.79. The van der Waals surface area contributed by atoms with Crippen LogP contribution in [0.5, 0.6) is 0 Å². The molecule has 0 saturated carbocycles. The van der Waals surface area contributed by atoms with Gasteiger partial charge in [-0.15, -0.1) is 0 Å². The third kappa shape index (κ3) is 2.66. The number of benzene rings is 1. The van der Waals surface area contributed by atoms with Gasteiger partial charge in [0.25, 0.3) is 0 Å². The number of piperazine rings is 1. The highest BCUT2D eigenvalue weighted by molar-refractivity contribution is 6.30. The summed E-state index contributed by atoms with van der Waals surface area (Å²) in [5.74, 6) is 0. The van der Waals surface area contributed by atoms with Crippen LogP contribution in [0.25, 0.3) is 10.9 Å². The van der Waals surface area contributed by atoms with Crippen LogP contribution in [0.2, 0.25) is 5.15 Å². The van der Waals surface area contributed by atoms with E-state index in [2.05, 4.69) is 34.3 Å². The Bertz CT molecular complexity index is 593. The van der Waals surface area contributed by atoms with Crippen LogP contribution in [0.4, 0.5) is 0 Å². The highest BCUT2D eigenvalue weighted by Gasteiger charge is 2.23. The molecule has 0 bridgehead atoms. The van der Waals surface area contributed by atoms with Crippen molar-refractivity contribution in [1.29, 1.82) is 0 Å². The first kappa shape index (κ1) is 13.8. The summed E-state index contributed by atoms with van der Waals surface area (Å²) < 4.78 is 0. The minimum atomic E-state index is 0.363. The number of hydrogen-bond donors (Lipinski definition) is 1. The quantitative estimate of drug-likeness (QED) is 0.879. The van der Waals surface area contributed by atoms with E-state index in [9.17, 15) is 0 Å². The van der Waals surface area contributed by atoms with E-state index in [1.165, 1.54) is 5.39 Å². The molecule has 0 aliphatic carbocycles. The van der Waals surface area contributed by atoms with Gasteiger partial charge in [-0.05, 0) is 18.6 Å². The van der Waals surface area contributed by atoms with E-state index in [-0.39, 0.29) is 0 Å². The molecule has 1 saturated heterocycles. The number of pyridine rings is 1. The minimum Gasteiger partial charge on any atom is -0.314 e. The maximum Gasteiger partial charge on any atom is 0.134 e.